The molecular weight excluding hydrogens is 245 g/mol. The van der Waals surface area contributed by atoms with E-state index in [1.807, 2.05) is 0 Å². The van der Waals surface area contributed by atoms with Gasteiger partial charge in [0.05, 0.1) is 5.56 Å². The van der Waals surface area contributed by atoms with Gasteiger partial charge < -0.3 is 10.2 Å². The predicted octanol–water partition coefficient (Wildman–Crippen LogP) is 2.52. The van der Waals surface area contributed by atoms with E-state index in [2.05, 4.69) is 10.3 Å². The molecule has 1 aromatic rings. The van der Waals surface area contributed by atoms with Gasteiger partial charge in [-0.25, -0.2) is 9.37 Å². The number of pyridine rings is 1. The van der Waals surface area contributed by atoms with Crippen LogP contribution in [0.1, 0.15) is 36.0 Å². The maximum atomic E-state index is 14.0. The van der Waals surface area contributed by atoms with Gasteiger partial charge in [-0.15, -0.1) is 0 Å². The van der Waals surface area contributed by atoms with Crippen molar-refractivity contribution < 1.29 is 9.18 Å². The van der Waals surface area contributed by atoms with E-state index in [0.717, 1.165) is 12.8 Å². The number of aromatic nitrogens is 1. The van der Waals surface area contributed by atoms with E-state index in [4.69, 9.17) is 0 Å². The van der Waals surface area contributed by atoms with Gasteiger partial charge in [-0.2, -0.15) is 0 Å². The fourth-order valence-corrected chi connectivity index (χ4v) is 2.65. The number of hydrogen-bond donors (Lipinski definition) is 1. The lowest BCUT2D eigenvalue weighted by Crippen LogP contribution is -2.31. The van der Waals surface area contributed by atoms with Gasteiger partial charge in [0.15, 0.2) is 11.6 Å². The van der Waals surface area contributed by atoms with Crippen molar-refractivity contribution in [1.29, 1.82) is 0 Å². The molecule has 1 aliphatic carbocycles. The average Bonchev–Trinajstić information content (AvgIpc) is 2.91. The van der Waals surface area contributed by atoms with Crippen molar-refractivity contribution >= 4 is 11.7 Å². The minimum atomic E-state index is -0.576. The average molecular weight is 265 g/mol. The highest BCUT2D eigenvalue weighted by molar-refractivity contribution is 5.95. The van der Waals surface area contributed by atoms with Gasteiger partial charge >= 0.3 is 0 Å². The monoisotopic (exact) mass is 265 g/mol. The molecule has 0 spiro atoms. The lowest BCUT2D eigenvalue weighted by molar-refractivity contribution is 0.0768. The number of rotatable bonds is 4. The van der Waals surface area contributed by atoms with Crippen molar-refractivity contribution in [2.24, 2.45) is 5.92 Å². The maximum absolute atomic E-state index is 14.0. The molecule has 0 unspecified atom stereocenters. The number of carbonyl (C=O) groups excluding carboxylic acids is 1. The fourth-order valence-electron chi connectivity index (χ4n) is 2.65. The molecule has 0 aromatic carbocycles. The molecule has 1 heterocycles. The molecule has 1 fully saturated rings. The molecule has 0 aliphatic heterocycles. The first-order chi connectivity index (χ1) is 9.13. The summed E-state index contributed by atoms with van der Waals surface area (Å²) in [5.74, 6) is -0.181. The molecule has 0 atom stereocenters. The number of nitrogens with one attached hydrogen (secondary N) is 1. The zero-order chi connectivity index (χ0) is 13.8. The largest absolute Gasteiger partial charge is 0.371 e. The number of anilines is 1. The van der Waals surface area contributed by atoms with E-state index >= 15 is 0 Å². The summed E-state index contributed by atoms with van der Waals surface area (Å²) in [6.45, 7) is 0.704. The van der Waals surface area contributed by atoms with Gasteiger partial charge in [0.25, 0.3) is 5.91 Å². The standard InChI is InChI=1S/C14H20FN3O/c1-16-13-12(15)11(7-8-17-13)14(19)18(2)9-10-5-3-4-6-10/h7-8,10H,3-6,9H2,1-2H3,(H,16,17). The molecule has 19 heavy (non-hydrogen) atoms. The quantitative estimate of drug-likeness (QED) is 0.910. The second kappa shape index (κ2) is 5.99. The molecule has 2 rings (SSSR count). The Kier molecular flexibility index (Phi) is 4.35. The summed E-state index contributed by atoms with van der Waals surface area (Å²) in [4.78, 5) is 17.7. The van der Waals surface area contributed by atoms with Gasteiger partial charge in [0.1, 0.15) is 0 Å². The zero-order valence-electron chi connectivity index (χ0n) is 11.4. The molecule has 1 N–H and O–H groups in total. The van der Waals surface area contributed by atoms with Crippen LogP contribution in [0.3, 0.4) is 0 Å². The van der Waals surface area contributed by atoms with Crippen molar-refractivity contribution in [3.8, 4) is 0 Å². The van der Waals surface area contributed by atoms with E-state index in [1.54, 1.807) is 19.0 Å². The molecule has 1 aliphatic rings. The number of hydrogen-bond acceptors (Lipinski definition) is 3. The van der Waals surface area contributed by atoms with E-state index in [-0.39, 0.29) is 17.3 Å². The van der Waals surface area contributed by atoms with Crippen LogP contribution in [0.4, 0.5) is 10.2 Å². The first-order valence-electron chi connectivity index (χ1n) is 6.71. The summed E-state index contributed by atoms with van der Waals surface area (Å²) in [6, 6.07) is 1.43. The van der Waals surface area contributed by atoms with Crippen molar-refractivity contribution in [3.05, 3.63) is 23.6 Å². The maximum Gasteiger partial charge on any atom is 0.256 e. The van der Waals surface area contributed by atoms with Gasteiger partial charge in [-0.1, -0.05) is 12.8 Å². The Bertz CT molecular complexity index is 458. The number of carbonyl (C=O) groups is 1. The smallest absolute Gasteiger partial charge is 0.256 e. The first kappa shape index (κ1) is 13.8. The summed E-state index contributed by atoms with van der Waals surface area (Å²) in [6.07, 6.45) is 6.25. The van der Waals surface area contributed by atoms with Gasteiger partial charge in [0, 0.05) is 26.8 Å². The minimum absolute atomic E-state index is 0.0832. The van der Waals surface area contributed by atoms with Crippen LogP contribution in [0, 0.1) is 11.7 Å². The van der Waals surface area contributed by atoms with E-state index in [0.29, 0.717) is 12.5 Å². The van der Waals surface area contributed by atoms with Crippen LogP contribution in [-0.2, 0) is 0 Å². The van der Waals surface area contributed by atoms with E-state index in [9.17, 15) is 9.18 Å². The third-order valence-electron chi connectivity index (χ3n) is 3.71. The SMILES string of the molecule is CNc1nccc(C(=O)N(C)CC2CCCC2)c1F. The lowest BCUT2D eigenvalue weighted by Gasteiger charge is -2.21. The molecule has 4 nitrogen and oxygen atoms in total. The summed E-state index contributed by atoms with van der Waals surface area (Å²) in [7, 11) is 3.32. The van der Waals surface area contributed by atoms with Crippen molar-refractivity contribution in [3.63, 3.8) is 0 Å². The summed E-state index contributed by atoms with van der Waals surface area (Å²) >= 11 is 0. The van der Waals surface area contributed by atoms with Crippen LogP contribution in [-0.4, -0.2) is 36.4 Å². The number of halogens is 1. The van der Waals surface area contributed by atoms with Crippen molar-refractivity contribution in [2.75, 3.05) is 26.0 Å². The zero-order valence-corrected chi connectivity index (χ0v) is 11.4. The molecule has 5 heteroatoms. The normalized spacial score (nSPS) is 15.5. The van der Waals surface area contributed by atoms with E-state index in [1.165, 1.54) is 25.1 Å². The summed E-state index contributed by atoms with van der Waals surface area (Å²) in [5, 5.41) is 2.65. The van der Waals surface area contributed by atoms with E-state index < -0.39 is 5.82 Å². The highest BCUT2D eigenvalue weighted by atomic mass is 19.1. The Morgan fingerprint density at radius 3 is 2.84 bits per heavy atom. The molecule has 0 bridgehead atoms. The molecule has 104 valence electrons. The Morgan fingerprint density at radius 2 is 2.21 bits per heavy atom. The molecule has 1 saturated carbocycles. The van der Waals surface area contributed by atoms with Crippen molar-refractivity contribution in [1.82, 2.24) is 9.88 Å². The lowest BCUT2D eigenvalue weighted by atomic mass is 10.1. The minimum Gasteiger partial charge on any atom is -0.371 e. The molecule has 1 aromatic heterocycles. The predicted molar refractivity (Wildman–Crippen MR) is 72.7 cm³/mol. The van der Waals surface area contributed by atoms with Crippen molar-refractivity contribution in [2.45, 2.75) is 25.7 Å². The molecule has 0 radical (unpaired) electrons. The molecule has 1 amide bonds. The first-order valence-corrected chi connectivity index (χ1v) is 6.71. The third-order valence-corrected chi connectivity index (χ3v) is 3.71. The highest BCUT2D eigenvalue weighted by Gasteiger charge is 2.23. The topological polar surface area (TPSA) is 45.2 Å². The molecular formula is C14H20FN3O. The second-order valence-electron chi connectivity index (χ2n) is 5.11. The Morgan fingerprint density at radius 1 is 1.53 bits per heavy atom. The summed E-state index contributed by atoms with van der Waals surface area (Å²) < 4.78 is 14.0. The highest BCUT2D eigenvalue weighted by Crippen LogP contribution is 2.26. The van der Waals surface area contributed by atoms with Crippen LogP contribution in [0.5, 0.6) is 0 Å². The van der Waals surface area contributed by atoms with Gasteiger partial charge in [-0.3, -0.25) is 4.79 Å². The summed E-state index contributed by atoms with van der Waals surface area (Å²) in [5.41, 5.74) is 0.0832. The fraction of sp³-hybridized carbons (Fsp3) is 0.571. The Labute approximate surface area is 113 Å². The second-order valence-corrected chi connectivity index (χ2v) is 5.11. The number of nitrogens with zero attached hydrogens (tertiary/aromatic N) is 2. The third kappa shape index (κ3) is 3.03. The Hall–Kier alpha value is -1.65. The van der Waals surface area contributed by atoms with Crippen LogP contribution in [0.2, 0.25) is 0 Å². The van der Waals surface area contributed by atoms with Crippen LogP contribution >= 0.6 is 0 Å². The van der Waals surface area contributed by atoms with Crippen LogP contribution in [0.25, 0.3) is 0 Å². The molecule has 0 saturated heterocycles. The van der Waals surface area contributed by atoms with Crippen LogP contribution in [0.15, 0.2) is 12.3 Å². The van der Waals surface area contributed by atoms with Gasteiger partial charge in [-0.05, 0) is 24.8 Å². The van der Waals surface area contributed by atoms with Crippen LogP contribution < -0.4 is 5.32 Å². The Balaban J connectivity index is 2.09. The number of amides is 1. The van der Waals surface area contributed by atoms with Gasteiger partial charge in [0.2, 0.25) is 0 Å².